The molecule has 0 fully saturated rings. The summed E-state index contributed by atoms with van der Waals surface area (Å²) in [5.41, 5.74) is 20.0. The maximum absolute atomic E-state index is 5.57. The largest absolute Gasteiger partial charge is 3.00 e. The van der Waals surface area contributed by atoms with Crippen LogP contribution in [-0.4, -0.2) is 28.2 Å². The molecule has 0 aliphatic carbocycles. The van der Waals surface area contributed by atoms with Gasteiger partial charge in [-0.1, -0.05) is 24.3 Å². The zero-order valence-corrected chi connectivity index (χ0v) is 45.2. The molecule has 2 aliphatic rings. The van der Waals surface area contributed by atoms with Crippen LogP contribution in [0.1, 0.15) is 68.3 Å². The number of nitrogens with zero attached hydrogens (tertiary/aromatic N) is 12. The monoisotopic (exact) mass is 1030 g/mol. The average molecular weight is 1030 g/mol. The molecule has 8 bridgehead atoms. The van der Waals surface area contributed by atoms with Crippen LogP contribution in [0, 0.1) is 55.4 Å². The van der Waals surface area contributed by atoms with Crippen LogP contribution in [0.25, 0.3) is 91.9 Å². The van der Waals surface area contributed by atoms with E-state index < -0.39 is 0 Å². The van der Waals surface area contributed by atoms with Crippen LogP contribution in [0.3, 0.4) is 0 Å². The Hall–Kier alpha value is -4.59. The molecule has 0 unspecified atom stereocenters. The van der Waals surface area contributed by atoms with Crippen molar-refractivity contribution in [2.75, 3.05) is 0 Å². The smallest absolute Gasteiger partial charge is 1.00 e. The van der Waals surface area contributed by atoms with Gasteiger partial charge in [-0.2, -0.15) is 0 Å². The first-order chi connectivity index (χ1) is 28.4. The molecule has 0 radical (unpaired) electrons. The summed E-state index contributed by atoms with van der Waals surface area (Å²) in [6.45, 7) is 17.3. The molecule has 9 rings (SSSR count). The fourth-order valence-electron chi connectivity index (χ4n) is 9.46. The number of halogens is 5. The molecule has 12 nitrogen and oxygen atoms in total. The van der Waals surface area contributed by atoms with E-state index >= 15 is 0 Å². The minimum atomic E-state index is 0. The summed E-state index contributed by atoms with van der Waals surface area (Å²) in [7, 11) is 17.0. The van der Waals surface area contributed by atoms with Crippen molar-refractivity contribution >= 4 is 46.4 Å². The zero-order chi connectivity index (χ0) is 43.0. The third kappa shape index (κ3) is 7.98. The fourth-order valence-corrected chi connectivity index (χ4v) is 9.46. The summed E-state index contributed by atoms with van der Waals surface area (Å²) < 4.78 is 18.1. The summed E-state index contributed by atoms with van der Waals surface area (Å²) in [4.78, 5) is 22.3. The summed E-state index contributed by atoms with van der Waals surface area (Å²) >= 11 is 0. The molecule has 0 amide bonds. The van der Waals surface area contributed by atoms with E-state index in [-0.39, 0.29) is 79.1 Å². The summed E-state index contributed by atoms with van der Waals surface area (Å²) in [5.74, 6) is 4.11. The molecular formula is C48H56Cl5MnN12. The molecular weight excluding hydrogens is 977 g/mol. The van der Waals surface area contributed by atoms with Gasteiger partial charge < -0.3 is 72.0 Å². The van der Waals surface area contributed by atoms with Crippen molar-refractivity contribution in [2.45, 2.75) is 55.4 Å². The number of fused-ring (bicyclic) bond motifs is 8. The van der Waals surface area contributed by atoms with Crippen LogP contribution in [0.4, 0.5) is 0 Å². The molecule has 66 heavy (non-hydrogen) atoms. The molecule has 7 aromatic heterocycles. The van der Waals surface area contributed by atoms with Gasteiger partial charge in [-0.05, 0) is 24.3 Å². The van der Waals surface area contributed by atoms with Crippen LogP contribution in [0.2, 0.25) is 0 Å². The molecule has 0 atom stereocenters. The van der Waals surface area contributed by atoms with Crippen molar-refractivity contribution in [2.24, 2.45) is 56.4 Å². The van der Waals surface area contributed by atoms with E-state index in [1.807, 2.05) is 0 Å². The number of aromatic nitrogens is 12. The Kier molecular flexibility index (Phi) is 16.8. The van der Waals surface area contributed by atoms with E-state index in [2.05, 4.69) is 197 Å². The number of hydrogen-bond donors (Lipinski definition) is 0. The Bertz CT molecular complexity index is 2770. The summed E-state index contributed by atoms with van der Waals surface area (Å²) in [6, 6.07) is 8.59. The van der Waals surface area contributed by atoms with E-state index in [4.69, 9.17) is 19.9 Å². The molecule has 0 aromatic carbocycles. The van der Waals surface area contributed by atoms with E-state index in [9.17, 15) is 0 Å². The van der Waals surface area contributed by atoms with Crippen LogP contribution in [0.5, 0.6) is 0 Å². The maximum Gasteiger partial charge on any atom is 3.00 e. The van der Waals surface area contributed by atoms with Crippen molar-refractivity contribution in [3.63, 3.8) is 0 Å². The predicted octanol–water partition coefficient (Wildman–Crippen LogP) is -9.28. The Morgan fingerprint density at radius 3 is 0.697 bits per heavy atom. The van der Waals surface area contributed by atoms with Crippen molar-refractivity contribution in [3.8, 4) is 45.6 Å². The van der Waals surface area contributed by atoms with Crippen molar-refractivity contribution in [1.82, 2.24) is 38.2 Å². The van der Waals surface area contributed by atoms with Crippen molar-refractivity contribution in [3.05, 3.63) is 92.6 Å². The first-order valence-corrected chi connectivity index (χ1v) is 20.6. The molecule has 9 heterocycles. The fraction of sp³-hybridized carbons (Fsp3) is 0.333. The zero-order valence-electron chi connectivity index (χ0n) is 40.3. The van der Waals surface area contributed by atoms with E-state index in [0.29, 0.717) is 0 Å². The van der Waals surface area contributed by atoms with Crippen LogP contribution < -0.4 is 90.3 Å². The van der Waals surface area contributed by atoms with Gasteiger partial charge in [0.1, 0.15) is 45.6 Å². The molecule has 0 saturated carbocycles. The van der Waals surface area contributed by atoms with Crippen molar-refractivity contribution in [1.29, 1.82) is 0 Å². The maximum atomic E-state index is 5.57. The third-order valence-electron chi connectivity index (χ3n) is 14.2. The second-order valence-electron chi connectivity index (χ2n) is 16.8. The van der Waals surface area contributed by atoms with Gasteiger partial charge in [-0.3, -0.25) is 0 Å². The summed E-state index contributed by atoms with van der Waals surface area (Å²) in [6.07, 6.45) is 8.59. The van der Waals surface area contributed by atoms with Crippen LogP contribution >= 0.6 is 0 Å². The molecule has 0 N–H and O–H groups in total. The average Bonchev–Trinajstić information content (AvgIpc) is 4.13. The Labute approximate surface area is 429 Å². The van der Waals surface area contributed by atoms with Gasteiger partial charge in [0.25, 0.3) is 23.3 Å². The molecule has 18 heteroatoms. The predicted molar refractivity (Wildman–Crippen MR) is 237 cm³/mol. The molecule has 0 saturated heterocycles. The van der Waals surface area contributed by atoms with Gasteiger partial charge in [0.05, 0.1) is 101 Å². The standard InChI is InChI=1S/C48H56N12.5ClH.Mn/c1-25-26(2)54(10)45(53(25)9)41-33-17-19-35(49-33)42(46-55(11)27(3)28(4)56(46)12)37-21-23-39(51-37)44(48-59(15)31(7)32(8)60(48)16)40-24-22-38(52-40)43(36-20-18-34(41)50-36)47-57(13)29(5)30(6)58(47)14;;;;;;/h17-24H,1-16H3;5*1H;/q+2;;;;;;+3/p-5. The number of rotatable bonds is 4. The van der Waals surface area contributed by atoms with Gasteiger partial charge in [-0.25, -0.2) is 46.5 Å². The van der Waals surface area contributed by atoms with E-state index in [1.165, 1.54) is 45.6 Å². The first-order valence-electron chi connectivity index (χ1n) is 20.6. The molecule has 350 valence electrons. The SMILES string of the molecule is Cc1c(C)[n+](C)c(-c2c3nc(c(-c4n(C)c(C)c(C)[n+]4C)c4ccc([n-]4)c(-c4n(C)c(C)c(C)[n+]4C)c4nc(c(-c5n(C)c(C)c(C)[n+]5C)c5ccc2[n-]5)C=C4)C=C3)n1C.[Cl-].[Cl-].[Cl-].[Cl-].[Cl-].[Mn+3]. The van der Waals surface area contributed by atoms with E-state index in [0.717, 1.165) is 90.4 Å². The summed E-state index contributed by atoms with van der Waals surface area (Å²) in [5, 5.41) is 0. The minimum Gasteiger partial charge on any atom is -1.00 e. The number of hydrogen-bond acceptors (Lipinski definition) is 2. The van der Waals surface area contributed by atoms with E-state index in [1.54, 1.807) is 0 Å². The topological polar surface area (TPSA) is 89.2 Å². The number of imidazole rings is 4. The van der Waals surface area contributed by atoms with Crippen LogP contribution in [0.15, 0.2) is 24.3 Å². The van der Waals surface area contributed by atoms with Gasteiger partial charge in [-0.15, -0.1) is 22.1 Å². The second kappa shape index (κ2) is 19.9. The van der Waals surface area contributed by atoms with Gasteiger partial charge in [0.15, 0.2) is 0 Å². The Balaban J connectivity index is 0.00000193. The minimum absolute atomic E-state index is 0. The molecule has 0 spiro atoms. The molecule has 2 aliphatic heterocycles. The van der Waals surface area contributed by atoms with Crippen LogP contribution in [-0.2, 0) is 73.5 Å². The van der Waals surface area contributed by atoms with Gasteiger partial charge >= 0.3 is 17.1 Å². The van der Waals surface area contributed by atoms with Gasteiger partial charge in [0, 0.05) is 55.4 Å². The Morgan fingerprint density at radius 1 is 0.364 bits per heavy atom. The normalized spacial score (nSPS) is 11.4. The third-order valence-corrected chi connectivity index (χ3v) is 14.2. The van der Waals surface area contributed by atoms with Crippen molar-refractivity contribution < 1.29 is 97.4 Å². The second-order valence-corrected chi connectivity index (χ2v) is 16.8. The Morgan fingerprint density at radius 2 is 0.545 bits per heavy atom. The quantitative estimate of drug-likeness (QED) is 0.130. The molecule has 7 aromatic rings. The first kappa shape index (κ1) is 55.7. The van der Waals surface area contributed by atoms with Gasteiger partial charge in [0.2, 0.25) is 0 Å².